The van der Waals surface area contributed by atoms with E-state index in [0.29, 0.717) is 35.3 Å². The second kappa shape index (κ2) is 13.3. The summed E-state index contributed by atoms with van der Waals surface area (Å²) in [6.45, 7) is 1.63. The van der Waals surface area contributed by atoms with Gasteiger partial charge in [-0.15, -0.1) is 0 Å². The number of rotatable bonds is 11. The van der Waals surface area contributed by atoms with E-state index in [1.165, 1.54) is 7.11 Å². The summed E-state index contributed by atoms with van der Waals surface area (Å²) >= 11 is 12.2. The summed E-state index contributed by atoms with van der Waals surface area (Å²) < 4.78 is 16.9. The van der Waals surface area contributed by atoms with E-state index in [9.17, 15) is 4.79 Å². The zero-order valence-corrected chi connectivity index (χ0v) is 21.8. The van der Waals surface area contributed by atoms with E-state index in [4.69, 9.17) is 37.4 Å². The van der Waals surface area contributed by atoms with Crippen LogP contribution in [0.3, 0.4) is 0 Å². The average Bonchev–Trinajstić information content (AvgIpc) is 2.92. The molecule has 0 saturated heterocycles. The van der Waals surface area contributed by atoms with Gasteiger partial charge in [0.2, 0.25) is 0 Å². The van der Waals surface area contributed by atoms with Gasteiger partial charge in [-0.05, 0) is 77.4 Å². The van der Waals surface area contributed by atoms with Crippen LogP contribution in [0, 0.1) is 0 Å². The van der Waals surface area contributed by atoms with E-state index in [0.717, 1.165) is 28.2 Å². The van der Waals surface area contributed by atoms with Crippen molar-refractivity contribution in [1.29, 1.82) is 0 Å². The van der Waals surface area contributed by atoms with Gasteiger partial charge in [-0.25, -0.2) is 4.79 Å². The van der Waals surface area contributed by atoms with E-state index < -0.39 is 0 Å². The summed E-state index contributed by atoms with van der Waals surface area (Å²) in [6.07, 6.45) is -0.210. The fourth-order valence-electron chi connectivity index (χ4n) is 3.69. The Labute approximate surface area is 226 Å². The van der Waals surface area contributed by atoms with Crippen molar-refractivity contribution in [2.45, 2.75) is 19.3 Å². The van der Waals surface area contributed by atoms with Gasteiger partial charge >= 0.3 is 5.97 Å². The Morgan fingerprint density at radius 1 is 0.811 bits per heavy atom. The SMILES string of the molecule is COC(=O)c1ccc(CNC[C@H](OCc2ccc(Oc3ccc(Cl)cc3)cc2)c2cccc(Cl)c2)cc1. The first-order chi connectivity index (χ1) is 18.0. The van der Waals surface area contributed by atoms with E-state index >= 15 is 0 Å². The van der Waals surface area contributed by atoms with Crippen LogP contribution in [0.5, 0.6) is 11.5 Å². The summed E-state index contributed by atoms with van der Waals surface area (Å²) in [5, 5.41) is 4.77. The summed E-state index contributed by atoms with van der Waals surface area (Å²) in [5.74, 6) is 1.11. The van der Waals surface area contributed by atoms with Crippen molar-refractivity contribution in [2.75, 3.05) is 13.7 Å². The molecule has 0 radical (unpaired) electrons. The quantitative estimate of drug-likeness (QED) is 0.200. The fraction of sp³-hybridized carbons (Fsp3) is 0.167. The highest BCUT2D eigenvalue weighted by atomic mass is 35.5. The van der Waals surface area contributed by atoms with Crippen molar-refractivity contribution >= 4 is 29.2 Å². The number of carbonyl (C=O) groups excluding carboxylic acids is 1. The standard InChI is InChI=1S/C30H27Cl2NO4/c1-35-30(34)23-9-5-21(6-10-23)18-33-19-29(24-3-2-4-26(32)17-24)36-20-22-7-13-27(14-8-22)37-28-15-11-25(31)12-16-28/h2-17,29,33H,18-20H2,1H3/t29-/m0/s1. The summed E-state index contributed by atoms with van der Waals surface area (Å²) in [4.78, 5) is 11.6. The highest BCUT2D eigenvalue weighted by molar-refractivity contribution is 6.30. The van der Waals surface area contributed by atoms with Crippen LogP contribution >= 0.6 is 23.2 Å². The van der Waals surface area contributed by atoms with Gasteiger partial charge in [-0.1, -0.05) is 59.6 Å². The number of nitrogens with one attached hydrogen (secondary N) is 1. The molecule has 37 heavy (non-hydrogen) atoms. The number of esters is 1. The van der Waals surface area contributed by atoms with Crippen molar-refractivity contribution in [3.05, 3.63) is 129 Å². The maximum atomic E-state index is 11.6. The molecule has 0 heterocycles. The van der Waals surface area contributed by atoms with Gasteiger partial charge in [0.15, 0.2) is 0 Å². The molecule has 7 heteroatoms. The van der Waals surface area contributed by atoms with E-state index in [-0.39, 0.29) is 12.1 Å². The lowest BCUT2D eigenvalue weighted by atomic mass is 10.1. The lowest BCUT2D eigenvalue weighted by Gasteiger charge is -2.20. The molecule has 190 valence electrons. The Kier molecular flexibility index (Phi) is 9.58. The van der Waals surface area contributed by atoms with Crippen molar-refractivity contribution in [3.63, 3.8) is 0 Å². The van der Waals surface area contributed by atoms with Crippen LogP contribution in [-0.2, 0) is 22.6 Å². The molecule has 0 aliphatic carbocycles. The topological polar surface area (TPSA) is 56.8 Å². The molecule has 0 saturated carbocycles. The molecule has 0 bridgehead atoms. The molecule has 4 aromatic rings. The minimum absolute atomic E-state index is 0.210. The first-order valence-electron chi connectivity index (χ1n) is 11.8. The van der Waals surface area contributed by atoms with Crippen molar-refractivity contribution < 1.29 is 19.0 Å². The first kappa shape index (κ1) is 26.7. The van der Waals surface area contributed by atoms with Gasteiger partial charge in [0.25, 0.3) is 0 Å². The molecule has 0 aliphatic rings. The van der Waals surface area contributed by atoms with Gasteiger partial charge in [0.1, 0.15) is 11.5 Å². The van der Waals surface area contributed by atoms with Gasteiger partial charge < -0.3 is 19.5 Å². The predicted octanol–water partition coefficient (Wildman–Crippen LogP) is 7.62. The zero-order chi connectivity index (χ0) is 26.0. The smallest absolute Gasteiger partial charge is 0.337 e. The third kappa shape index (κ3) is 8.07. The zero-order valence-electron chi connectivity index (χ0n) is 20.3. The number of hydrogen-bond acceptors (Lipinski definition) is 5. The van der Waals surface area contributed by atoms with E-state index in [1.807, 2.05) is 72.8 Å². The molecule has 0 aromatic heterocycles. The van der Waals surface area contributed by atoms with Gasteiger partial charge in [-0.2, -0.15) is 0 Å². The molecule has 0 aliphatic heterocycles. The number of halogens is 2. The summed E-state index contributed by atoms with van der Waals surface area (Å²) in [5.41, 5.74) is 3.59. The minimum atomic E-state index is -0.349. The Bertz CT molecular complexity index is 1290. The maximum absolute atomic E-state index is 11.6. The van der Waals surface area contributed by atoms with E-state index in [2.05, 4.69) is 5.32 Å². The Morgan fingerprint density at radius 3 is 2.11 bits per heavy atom. The minimum Gasteiger partial charge on any atom is -0.465 e. The summed E-state index contributed by atoms with van der Waals surface area (Å²) in [7, 11) is 1.37. The van der Waals surface area contributed by atoms with Crippen molar-refractivity contribution in [1.82, 2.24) is 5.32 Å². The number of methoxy groups -OCH3 is 1. The fourth-order valence-corrected chi connectivity index (χ4v) is 4.02. The number of carbonyl (C=O) groups is 1. The molecular formula is C30H27Cl2NO4. The van der Waals surface area contributed by atoms with Crippen LogP contribution in [0.15, 0.2) is 97.1 Å². The first-order valence-corrected chi connectivity index (χ1v) is 12.5. The van der Waals surface area contributed by atoms with Crippen molar-refractivity contribution in [3.8, 4) is 11.5 Å². The molecule has 0 amide bonds. The van der Waals surface area contributed by atoms with Crippen LogP contribution in [0.4, 0.5) is 0 Å². The van der Waals surface area contributed by atoms with Crippen LogP contribution in [0.1, 0.15) is 33.2 Å². The van der Waals surface area contributed by atoms with Crippen LogP contribution in [0.25, 0.3) is 0 Å². The van der Waals surface area contributed by atoms with Crippen LogP contribution < -0.4 is 10.1 Å². The third-order valence-electron chi connectivity index (χ3n) is 5.68. The second-order valence-corrected chi connectivity index (χ2v) is 9.25. The molecule has 0 unspecified atom stereocenters. The molecule has 4 aromatic carbocycles. The van der Waals surface area contributed by atoms with Gasteiger partial charge in [0, 0.05) is 23.1 Å². The molecule has 0 fully saturated rings. The molecule has 1 atom stereocenters. The van der Waals surface area contributed by atoms with Gasteiger partial charge in [0.05, 0.1) is 25.4 Å². The Morgan fingerprint density at radius 2 is 1.46 bits per heavy atom. The van der Waals surface area contributed by atoms with E-state index in [1.54, 1.807) is 24.3 Å². The largest absolute Gasteiger partial charge is 0.465 e. The molecule has 4 rings (SSSR count). The molecule has 0 spiro atoms. The lowest BCUT2D eigenvalue weighted by Crippen LogP contribution is -2.23. The Hall–Kier alpha value is -3.35. The lowest BCUT2D eigenvalue weighted by molar-refractivity contribution is 0.0396. The highest BCUT2D eigenvalue weighted by Gasteiger charge is 2.13. The molecule has 1 N–H and O–H groups in total. The molecule has 5 nitrogen and oxygen atoms in total. The average molecular weight is 536 g/mol. The predicted molar refractivity (Wildman–Crippen MR) is 146 cm³/mol. The highest BCUT2D eigenvalue weighted by Crippen LogP contribution is 2.25. The third-order valence-corrected chi connectivity index (χ3v) is 6.17. The second-order valence-electron chi connectivity index (χ2n) is 8.37. The normalized spacial score (nSPS) is 11.6. The summed E-state index contributed by atoms with van der Waals surface area (Å²) in [6, 6.07) is 30.1. The molecular weight excluding hydrogens is 509 g/mol. The van der Waals surface area contributed by atoms with Crippen LogP contribution in [0.2, 0.25) is 10.0 Å². The number of benzene rings is 4. The maximum Gasteiger partial charge on any atom is 0.337 e. The Balaban J connectivity index is 1.35. The van der Waals surface area contributed by atoms with Crippen molar-refractivity contribution in [2.24, 2.45) is 0 Å². The van der Waals surface area contributed by atoms with Crippen LogP contribution in [-0.4, -0.2) is 19.6 Å². The number of ether oxygens (including phenoxy) is 3. The number of hydrogen-bond donors (Lipinski definition) is 1. The van der Waals surface area contributed by atoms with Gasteiger partial charge in [-0.3, -0.25) is 0 Å². The monoisotopic (exact) mass is 535 g/mol.